The molecule has 4 aromatic carbocycles. The largest absolute Gasteiger partial charge is 0.502 e. The summed E-state index contributed by atoms with van der Waals surface area (Å²) in [5.41, 5.74) is 7.82. The number of ether oxygens (including phenoxy) is 5. The van der Waals surface area contributed by atoms with E-state index in [1.165, 1.54) is 11.1 Å². The summed E-state index contributed by atoms with van der Waals surface area (Å²) < 4.78 is 30.5. The van der Waals surface area contributed by atoms with Crippen molar-refractivity contribution in [1.29, 1.82) is 0 Å². The molecule has 0 saturated heterocycles. The highest BCUT2D eigenvalue weighted by molar-refractivity contribution is 5.62. The molecule has 6 aliphatic heterocycles. The van der Waals surface area contributed by atoms with Gasteiger partial charge in [-0.25, -0.2) is 0 Å². The van der Waals surface area contributed by atoms with E-state index >= 15 is 0 Å². The number of nitrogens with zero attached hydrogens (tertiary/aromatic N) is 1. The lowest BCUT2D eigenvalue weighted by molar-refractivity contribution is 0.222. The predicted molar refractivity (Wildman–Crippen MR) is 172 cm³/mol. The Morgan fingerprint density at radius 3 is 2.18 bits per heavy atom. The first-order chi connectivity index (χ1) is 22.0. The predicted octanol–water partition coefficient (Wildman–Crippen LogP) is 6.30. The average molecular weight is 609 g/mol. The van der Waals surface area contributed by atoms with E-state index in [1.807, 2.05) is 18.2 Å². The molecule has 2 atom stereocenters. The lowest BCUT2D eigenvalue weighted by atomic mass is 9.87. The van der Waals surface area contributed by atoms with E-state index in [4.69, 9.17) is 23.7 Å². The van der Waals surface area contributed by atoms with Gasteiger partial charge in [0, 0.05) is 29.8 Å². The van der Waals surface area contributed by atoms with Crippen molar-refractivity contribution in [2.75, 3.05) is 41.5 Å². The van der Waals surface area contributed by atoms with Gasteiger partial charge in [0.15, 0.2) is 23.0 Å². The molecule has 6 heterocycles. The molecule has 234 valence electrons. The number of rotatable bonds is 3. The number of hydrogen-bond donors (Lipinski definition) is 2. The van der Waals surface area contributed by atoms with Crippen LogP contribution in [0.2, 0.25) is 0 Å². The molecule has 0 spiro atoms. The normalized spacial score (nSPS) is 19.2. The topological polar surface area (TPSA) is 81.7 Å². The maximum atomic E-state index is 11.4. The van der Waals surface area contributed by atoms with Gasteiger partial charge in [0.25, 0.3) is 0 Å². The second-order valence-electron chi connectivity index (χ2n) is 12.1. The van der Waals surface area contributed by atoms with Crippen LogP contribution in [0.1, 0.15) is 51.0 Å². The molecule has 45 heavy (non-hydrogen) atoms. The van der Waals surface area contributed by atoms with Crippen LogP contribution in [0.3, 0.4) is 0 Å². The third-order valence-corrected chi connectivity index (χ3v) is 9.47. The first-order valence-corrected chi connectivity index (χ1v) is 15.6. The van der Waals surface area contributed by atoms with Gasteiger partial charge >= 0.3 is 0 Å². The Balaban J connectivity index is 1.36. The van der Waals surface area contributed by atoms with E-state index in [0.29, 0.717) is 41.1 Å². The molecule has 0 amide bonds. The van der Waals surface area contributed by atoms with Crippen LogP contribution in [0, 0.1) is 0 Å². The summed E-state index contributed by atoms with van der Waals surface area (Å²) in [4.78, 5) is 2.34. The van der Waals surface area contributed by atoms with Crippen LogP contribution < -0.4 is 29.0 Å². The van der Waals surface area contributed by atoms with Crippen LogP contribution in [0.4, 0.5) is 0 Å². The van der Waals surface area contributed by atoms with Crippen molar-refractivity contribution >= 4 is 0 Å². The molecule has 6 bridgehead atoms. The Kier molecular flexibility index (Phi) is 7.94. The van der Waals surface area contributed by atoms with E-state index in [1.54, 1.807) is 21.3 Å². The number of benzene rings is 4. The Morgan fingerprint density at radius 2 is 1.44 bits per heavy atom. The maximum Gasteiger partial charge on any atom is 0.204 e. The van der Waals surface area contributed by atoms with Crippen molar-refractivity contribution in [2.24, 2.45) is 0 Å². The lowest BCUT2D eigenvalue weighted by Crippen LogP contribution is -2.33. The summed E-state index contributed by atoms with van der Waals surface area (Å²) in [5.74, 6) is 3.59. The van der Waals surface area contributed by atoms with Crippen molar-refractivity contribution in [3.63, 3.8) is 0 Å². The van der Waals surface area contributed by atoms with Crippen LogP contribution in [-0.4, -0.2) is 51.5 Å². The molecule has 0 fully saturated rings. The van der Waals surface area contributed by atoms with Gasteiger partial charge in [-0.1, -0.05) is 36.4 Å². The zero-order valence-electron chi connectivity index (χ0n) is 26.3. The first-order valence-electron chi connectivity index (χ1n) is 15.6. The van der Waals surface area contributed by atoms with Crippen molar-refractivity contribution in [2.45, 2.75) is 44.4 Å². The summed E-state index contributed by atoms with van der Waals surface area (Å²) in [6.07, 6.45) is 3.22. The smallest absolute Gasteiger partial charge is 0.204 e. The summed E-state index contributed by atoms with van der Waals surface area (Å²) >= 11 is 0. The molecule has 2 N–H and O–H groups in total. The zero-order chi connectivity index (χ0) is 31.1. The molecule has 0 saturated carbocycles. The van der Waals surface area contributed by atoms with Crippen LogP contribution in [-0.2, 0) is 32.3 Å². The number of phenolic OH excluding ortho intramolecular Hbond substituents is 1. The molecule has 0 aromatic heterocycles. The number of likely N-dealkylation sites (N-methyl/N-ethyl adjacent to an activating group) is 1. The van der Waals surface area contributed by atoms with E-state index in [0.717, 1.165) is 66.6 Å². The molecule has 0 aliphatic carbocycles. The molecule has 8 nitrogen and oxygen atoms in total. The summed E-state index contributed by atoms with van der Waals surface area (Å²) in [6, 6.07) is 20.8. The number of hydrogen-bond acceptors (Lipinski definition) is 8. The Labute approximate surface area is 264 Å². The number of aromatic hydroxyl groups is 1. The summed E-state index contributed by atoms with van der Waals surface area (Å²) in [7, 11) is 7.09. The standard InChI is InChI=1S/C37H40N2O6/c1-39-16-14-26-19-30(41-2)34(40)36-33(26)29(39)18-23-5-7-24(8-6-23)21-44-35-31(42-3)20-25-13-15-38-28(32(25)37(35)43-4)17-22-9-11-27(45-36)12-10-22/h5-12,19-20,28-29,38,40H,13-18,21H2,1-4H3/t28-,29-/m1/s1. The van der Waals surface area contributed by atoms with E-state index < -0.39 is 0 Å². The van der Waals surface area contributed by atoms with Gasteiger partial charge in [0.2, 0.25) is 11.5 Å². The second kappa shape index (κ2) is 12.2. The summed E-state index contributed by atoms with van der Waals surface area (Å²) in [6.45, 7) is 2.13. The molecule has 4 aromatic rings. The van der Waals surface area contributed by atoms with Crippen LogP contribution >= 0.6 is 0 Å². The molecule has 6 aliphatic rings. The highest BCUT2D eigenvalue weighted by atomic mass is 16.5. The van der Waals surface area contributed by atoms with Crippen LogP contribution in [0.5, 0.6) is 40.2 Å². The van der Waals surface area contributed by atoms with Gasteiger partial charge in [-0.3, -0.25) is 4.90 Å². The molecular formula is C37H40N2O6. The van der Waals surface area contributed by atoms with E-state index in [2.05, 4.69) is 59.7 Å². The average Bonchev–Trinajstić information content (AvgIpc) is 3.06. The third-order valence-electron chi connectivity index (χ3n) is 9.47. The lowest BCUT2D eigenvalue weighted by Gasteiger charge is -2.36. The van der Waals surface area contributed by atoms with E-state index in [9.17, 15) is 5.11 Å². The van der Waals surface area contributed by atoms with Crippen molar-refractivity contribution in [3.05, 3.63) is 99.6 Å². The maximum absolute atomic E-state index is 11.4. The third kappa shape index (κ3) is 5.42. The number of nitrogens with one attached hydrogen (secondary N) is 1. The Morgan fingerprint density at radius 1 is 0.778 bits per heavy atom. The van der Waals surface area contributed by atoms with E-state index in [-0.39, 0.29) is 17.8 Å². The molecule has 8 heteroatoms. The minimum Gasteiger partial charge on any atom is -0.502 e. The molecule has 10 rings (SSSR count). The van der Waals surface area contributed by atoms with Gasteiger partial charge in [0.1, 0.15) is 12.4 Å². The number of phenols is 1. The Bertz CT molecular complexity index is 1700. The van der Waals surface area contributed by atoms with Crippen molar-refractivity contribution < 1.29 is 28.8 Å². The Hall–Kier alpha value is -4.40. The highest BCUT2D eigenvalue weighted by Crippen LogP contribution is 2.50. The fourth-order valence-corrected chi connectivity index (χ4v) is 7.07. The SMILES string of the molecule is COc1cc2c3c(c1O)Oc1ccc(cc1)C[C@H]1NCCc4cc(OC)c(c(OC)c41)OCc1ccc(cc1)C[C@H]3N(C)CC2. The molecule has 0 radical (unpaired) electrons. The van der Waals surface area contributed by atoms with Gasteiger partial charge in [-0.2, -0.15) is 0 Å². The quantitative estimate of drug-likeness (QED) is 0.280. The van der Waals surface area contributed by atoms with Gasteiger partial charge in [-0.05, 0) is 91.4 Å². The van der Waals surface area contributed by atoms with Gasteiger partial charge < -0.3 is 34.1 Å². The van der Waals surface area contributed by atoms with Crippen LogP contribution in [0.25, 0.3) is 0 Å². The molecule has 0 unspecified atom stereocenters. The van der Waals surface area contributed by atoms with Crippen molar-refractivity contribution in [3.8, 4) is 40.2 Å². The van der Waals surface area contributed by atoms with Crippen molar-refractivity contribution in [1.82, 2.24) is 10.2 Å². The first kappa shape index (κ1) is 29.3. The minimum atomic E-state index is 0.00959. The monoisotopic (exact) mass is 608 g/mol. The minimum absolute atomic E-state index is 0.00959. The second-order valence-corrected chi connectivity index (χ2v) is 12.1. The fourth-order valence-electron chi connectivity index (χ4n) is 7.07. The zero-order valence-corrected chi connectivity index (χ0v) is 26.3. The molecular weight excluding hydrogens is 568 g/mol. The van der Waals surface area contributed by atoms with Crippen LogP contribution in [0.15, 0.2) is 60.7 Å². The highest BCUT2D eigenvalue weighted by Gasteiger charge is 2.33. The number of methoxy groups -OCH3 is 3. The summed E-state index contributed by atoms with van der Waals surface area (Å²) in [5, 5.41) is 15.1. The van der Waals surface area contributed by atoms with Gasteiger partial charge in [-0.15, -0.1) is 0 Å². The fraction of sp³-hybridized carbons (Fsp3) is 0.351. The van der Waals surface area contributed by atoms with Gasteiger partial charge in [0.05, 0.1) is 21.3 Å².